The minimum atomic E-state index is -0.667. The first-order valence-electron chi connectivity index (χ1n) is 4.87. The van der Waals surface area contributed by atoms with Crippen LogP contribution in [0.25, 0.3) is 0 Å². The van der Waals surface area contributed by atoms with Gasteiger partial charge in [0.05, 0.1) is 5.92 Å². The predicted octanol–water partition coefficient (Wildman–Crippen LogP) is 1.49. The zero-order valence-corrected chi connectivity index (χ0v) is 8.63. The lowest BCUT2D eigenvalue weighted by molar-refractivity contribution is -0.142. The Bertz CT molecular complexity index is 188. The van der Waals surface area contributed by atoms with E-state index in [1.54, 1.807) is 0 Å². The summed E-state index contributed by atoms with van der Waals surface area (Å²) in [6, 6.07) is 0.461. The van der Waals surface area contributed by atoms with Crippen molar-refractivity contribution >= 4 is 5.97 Å². The molecule has 0 radical (unpaired) electrons. The van der Waals surface area contributed by atoms with Gasteiger partial charge in [0.2, 0.25) is 0 Å². The number of piperidine rings is 1. The van der Waals surface area contributed by atoms with E-state index in [4.69, 9.17) is 5.11 Å². The Morgan fingerprint density at radius 2 is 2.00 bits per heavy atom. The maximum absolute atomic E-state index is 10.7. The highest BCUT2D eigenvalue weighted by Crippen LogP contribution is 2.27. The third-order valence-electron chi connectivity index (χ3n) is 2.81. The van der Waals surface area contributed by atoms with Gasteiger partial charge in [0, 0.05) is 12.6 Å². The number of carboxylic acid groups (broad SMARTS) is 1. The molecule has 1 fully saturated rings. The van der Waals surface area contributed by atoms with Crippen molar-refractivity contribution in [3.05, 3.63) is 0 Å². The Balaban J connectivity index is 2.44. The fraction of sp³-hybridized carbons (Fsp3) is 0.900. The molecule has 0 amide bonds. The lowest BCUT2D eigenvalue weighted by Gasteiger charge is -2.36. The molecule has 1 saturated heterocycles. The third-order valence-corrected chi connectivity index (χ3v) is 2.81. The summed E-state index contributed by atoms with van der Waals surface area (Å²) in [5.41, 5.74) is 0.240. The molecular weight excluding hydrogens is 166 g/mol. The first kappa shape index (κ1) is 10.5. The van der Waals surface area contributed by atoms with Crippen molar-refractivity contribution in [3.63, 3.8) is 0 Å². The van der Waals surface area contributed by atoms with Crippen LogP contribution in [0.15, 0.2) is 0 Å². The Morgan fingerprint density at radius 3 is 2.31 bits per heavy atom. The summed E-state index contributed by atoms with van der Waals surface area (Å²) in [6.45, 7) is 7.18. The van der Waals surface area contributed by atoms with Gasteiger partial charge in [-0.2, -0.15) is 0 Å². The number of hydrogen-bond donors (Lipinski definition) is 2. The molecule has 0 aromatic rings. The number of carbonyl (C=O) groups is 1. The minimum Gasteiger partial charge on any atom is -0.481 e. The summed E-state index contributed by atoms with van der Waals surface area (Å²) < 4.78 is 0. The van der Waals surface area contributed by atoms with E-state index in [-0.39, 0.29) is 11.3 Å². The number of aliphatic carboxylic acids is 1. The molecule has 0 bridgehead atoms. The number of hydrogen-bond acceptors (Lipinski definition) is 2. The van der Waals surface area contributed by atoms with Gasteiger partial charge in [0.1, 0.15) is 0 Å². The maximum Gasteiger partial charge on any atom is 0.307 e. The summed E-state index contributed by atoms with van der Waals surface area (Å²) in [5.74, 6) is -0.849. The monoisotopic (exact) mass is 185 g/mol. The van der Waals surface area contributed by atoms with E-state index in [2.05, 4.69) is 26.1 Å². The van der Waals surface area contributed by atoms with Crippen LogP contribution in [0.5, 0.6) is 0 Å². The average molecular weight is 185 g/mol. The second-order valence-corrected chi connectivity index (χ2v) is 4.94. The summed E-state index contributed by atoms with van der Waals surface area (Å²) in [4.78, 5) is 10.7. The van der Waals surface area contributed by atoms with E-state index >= 15 is 0 Å². The standard InChI is InChI=1S/C10H19NO2/c1-10(2,3)8-5-4-7(6-11-8)9(12)13/h7-8,11H,4-6H2,1-3H3,(H,12,13). The largest absolute Gasteiger partial charge is 0.481 e. The van der Waals surface area contributed by atoms with Crippen LogP contribution in [-0.2, 0) is 4.79 Å². The smallest absolute Gasteiger partial charge is 0.307 e. The normalized spacial score (nSPS) is 30.1. The third kappa shape index (κ3) is 2.69. The Morgan fingerprint density at radius 1 is 1.38 bits per heavy atom. The van der Waals surface area contributed by atoms with Crippen LogP contribution in [0.4, 0.5) is 0 Å². The Hall–Kier alpha value is -0.570. The molecule has 2 N–H and O–H groups in total. The first-order chi connectivity index (χ1) is 5.91. The van der Waals surface area contributed by atoms with Gasteiger partial charge in [-0.1, -0.05) is 20.8 Å². The van der Waals surface area contributed by atoms with Crippen LogP contribution in [0.3, 0.4) is 0 Å². The lowest BCUT2D eigenvalue weighted by atomic mass is 9.80. The van der Waals surface area contributed by atoms with E-state index in [0.717, 1.165) is 12.8 Å². The maximum atomic E-state index is 10.7. The van der Waals surface area contributed by atoms with Crippen molar-refractivity contribution in [1.82, 2.24) is 5.32 Å². The van der Waals surface area contributed by atoms with Gasteiger partial charge in [0.25, 0.3) is 0 Å². The second kappa shape index (κ2) is 3.66. The van der Waals surface area contributed by atoms with Gasteiger partial charge >= 0.3 is 5.97 Å². The molecule has 3 nitrogen and oxygen atoms in total. The van der Waals surface area contributed by atoms with Gasteiger partial charge in [0.15, 0.2) is 0 Å². The quantitative estimate of drug-likeness (QED) is 0.650. The molecule has 0 aliphatic carbocycles. The van der Waals surface area contributed by atoms with Crippen molar-refractivity contribution in [2.45, 2.75) is 39.7 Å². The van der Waals surface area contributed by atoms with Crippen LogP contribution in [0.2, 0.25) is 0 Å². The highest BCUT2D eigenvalue weighted by atomic mass is 16.4. The lowest BCUT2D eigenvalue weighted by Crippen LogP contribution is -2.48. The van der Waals surface area contributed by atoms with Crippen molar-refractivity contribution < 1.29 is 9.90 Å². The molecule has 0 saturated carbocycles. The summed E-state index contributed by atoms with van der Waals surface area (Å²) in [7, 11) is 0. The summed E-state index contributed by atoms with van der Waals surface area (Å²) in [6.07, 6.45) is 1.78. The predicted molar refractivity (Wildman–Crippen MR) is 51.6 cm³/mol. The molecule has 3 heteroatoms. The average Bonchev–Trinajstić information content (AvgIpc) is 2.03. The van der Waals surface area contributed by atoms with E-state index < -0.39 is 5.97 Å². The van der Waals surface area contributed by atoms with Crippen LogP contribution >= 0.6 is 0 Å². The molecule has 2 unspecified atom stereocenters. The van der Waals surface area contributed by atoms with Crippen molar-refractivity contribution in [3.8, 4) is 0 Å². The van der Waals surface area contributed by atoms with Crippen LogP contribution in [0.1, 0.15) is 33.6 Å². The van der Waals surface area contributed by atoms with Crippen molar-refractivity contribution in [1.29, 1.82) is 0 Å². The Kier molecular flexibility index (Phi) is 2.96. The summed E-state index contributed by atoms with van der Waals surface area (Å²) >= 11 is 0. The topological polar surface area (TPSA) is 49.3 Å². The van der Waals surface area contributed by atoms with E-state index in [1.807, 2.05) is 0 Å². The molecule has 13 heavy (non-hydrogen) atoms. The molecule has 0 aromatic heterocycles. The van der Waals surface area contributed by atoms with Crippen molar-refractivity contribution in [2.75, 3.05) is 6.54 Å². The zero-order chi connectivity index (χ0) is 10.1. The van der Waals surface area contributed by atoms with Gasteiger partial charge in [-0.3, -0.25) is 4.79 Å². The second-order valence-electron chi connectivity index (χ2n) is 4.94. The number of carboxylic acids is 1. The van der Waals surface area contributed by atoms with Gasteiger partial charge in [-0.15, -0.1) is 0 Å². The van der Waals surface area contributed by atoms with E-state index in [0.29, 0.717) is 12.6 Å². The number of rotatable bonds is 1. The van der Waals surface area contributed by atoms with Crippen LogP contribution in [-0.4, -0.2) is 23.7 Å². The molecule has 2 atom stereocenters. The van der Waals surface area contributed by atoms with Crippen LogP contribution < -0.4 is 5.32 Å². The molecular formula is C10H19NO2. The zero-order valence-electron chi connectivity index (χ0n) is 8.63. The van der Waals surface area contributed by atoms with E-state index in [1.165, 1.54) is 0 Å². The molecule has 0 aromatic carbocycles. The molecule has 1 aliphatic heterocycles. The van der Waals surface area contributed by atoms with Gasteiger partial charge < -0.3 is 10.4 Å². The molecule has 0 spiro atoms. The van der Waals surface area contributed by atoms with Gasteiger partial charge in [-0.25, -0.2) is 0 Å². The van der Waals surface area contributed by atoms with E-state index in [9.17, 15) is 4.79 Å². The van der Waals surface area contributed by atoms with Gasteiger partial charge in [-0.05, 0) is 18.3 Å². The minimum absolute atomic E-state index is 0.182. The Labute approximate surface area is 79.5 Å². The highest BCUT2D eigenvalue weighted by Gasteiger charge is 2.31. The van der Waals surface area contributed by atoms with Crippen LogP contribution in [0, 0.1) is 11.3 Å². The number of nitrogens with one attached hydrogen (secondary N) is 1. The molecule has 1 rings (SSSR count). The molecule has 1 aliphatic rings. The fourth-order valence-corrected chi connectivity index (χ4v) is 1.81. The fourth-order valence-electron chi connectivity index (χ4n) is 1.81. The molecule has 1 heterocycles. The highest BCUT2D eigenvalue weighted by molar-refractivity contribution is 5.70. The summed E-state index contributed by atoms with van der Waals surface area (Å²) in [5, 5.41) is 12.1. The first-order valence-corrected chi connectivity index (χ1v) is 4.87. The SMILES string of the molecule is CC(C)(C)C1CCC(C(=O)O)CN1. The van der Waals surface area contributed by atoms with Crippen molar-refractivity contribution in [2.24, 2.45) is 11.3 Å². The molecule has 76 valence electrons.